The predicted molar refractivity (Wildman–Crippen MR) is 224 cm³/mol. The number of allylic oxidation sites excluding steroid dienone is 2. The molecule has 1 heterocycles. The Bertz CT molecular complexity index is 1960. The molecule has 3 aliphatic carbocycles. The summed E-state index contributed by atoms with van der Waals surface area (Å²) in [6, 6.07) is 11.3. The van der Waals surface area contributed by atoms with Gasteiger partial charge in [0.05, 0.1) is 13.2 Å². The van der Waals surface area contributed by atoms with Crippen molar-refractivity contribution in [3.05, 3.63) is 76.4 Å². The van der Waals surface area contributed by atoms with Crippen molar-refractivity contribution in [1.82, 2.24) is 0 Å². The second-order valence-corrected chi connectivity index (χ2v) is 17.4. The number of ether oxygens (including phenoxy) is 3. The van der Waals surface area contributed by atoms with E-state index >= 15 is 0 Å². The summed E-state index contributed by atoms with van der Waals surface area (Å²) in [5, 5.41) is 44.1. The number of nitrogens with zero attached hydrogens (tertiary/aromatic N) is 1. The number of aromatic hydroxyl groups is 2. The van der Waals surface area contributed by atoms with Crippen molar-refractivity contribution in [2.75, 3.05) is 20.3 Å². The van der Waals surface area contributed by atoms with Gasteiger partial charge in [0, 0.05) is 36.8 Å². The Kier molecular flexibility index (Phi) is 12.6. The van der Waals surface area contributed by atoms with Gasteiger partial charge in [-0.05, 0) is 139 Å². The summed E-state index contributed by atoms with van der Waals surface area (Å²) in [5.41, 5.74) is 18.1. The molecule has 0 spiro atoms. The first-order valence-corrected chi connectivity index (χ1v) is 21.3. The lowest BCUT2D eigenvalue weighted by molar-refractivity contribution is 0.0197. The first-order valence-electron chi connectivity index (χ1n) is 21.3. The van der Waals surface area contributed by atoms with Crippen molar-refractivity contribution in [2.24, 2.45) is 46.0 Å². The number of guanidine groups is 1. The smallest absolute Gasteiger partial charge is 0.185 e. The Labute approximate surface area is 338 Å². The number of aliphatic hydroxyl groups is 2. The van der Waals surface area contributed by atoms with E-state index in [0.29, 0.717) is 53.7 Å². The summed E-state index contributed by atoms with van der Waals surface area (Å²) in [6.45, 7) is 7.26. The van der Waals surface area contributed by atoms with E-state index in [4.69, 9.17) is 25.7 Å². The number of phenols is 2. The maximum Gasteiger partial charge on any atom is 0.185 e. The molecule has 0 radical (unpaired) electrons. The standard InChI is InChI=1S/C47H63N3O7/c1-5-27-19-30(11-10-28(27)15-17-51)34-20-32-22-38(53)33(18-26(2)3)21-35(32)45-43(55-4)25-41-36(44(34)45)24-39(54)46(57-41)31-12-13-37(52)42(23-31)56-40-9-7-6-8-29(40)14-16-50-47(48)49/h10-13,21-23,25-30,34,39-40,46,51-54H,5-9,14-20,24H2,1-4H3,(H4,48,49,50). The van der Waals surface area contributed by atoms with Crippen LogP contribution in [-0.2, 0) is 19.3 Å². The van der Waals surface area contributed by atoms with E-state index < -0.39 is 12.2 Å². The molecule has 1 fully saturated rings. The normalized spacial score (nSPS) is 26.5. The van der Waals surface area contributed by atoms with Gasteiger partial charge in [-0.15, -0.1) is 0 Å². The Morgan fingerprint density at radius 1 is 0.965 bits per heavy atom. The lowest BCUT2D eigenvalue weighted by Gasteiger charge is -2.42. The molecule has 0 saturated heterocycles. The minimum atomic E-state index is -0.869. The number of benzene rings is 3. The molecule has 0 aromatic heterocycles. The minimum absolute atomic E-state index is 0.0465. The molecular weight excluding hydrogens is 719 g/mol. The van der Waals surface area contributed by atoms with Gasteiger partial charge < -0.3 is 46.1 Å². The SMILES string of the molecule is CCC1CC(C2Cc3cc(O)c(CC(C)C)cc3-c3c(OC)cc4c(c32)CC(O)C(c2ccc(O)c(OC3CCCCC3CCN=C(N)N)c2)O4)C=CC1CCO. The largest absolute Gasteiger partial charge is 0.508 e. The first-order chi connectivity index (χ1) is 27.5. The van der Waals surface area contributed by atoms with Crippen LogP contribution in [0.25, 0.3) is 11.1 Å². The summed E-state index contributed by atoms with van der Waals surface area (Å²) in [7, 11) is 1.70. The molecule has 308 valence electrons. The topological polar surface area (TPSA) is 173 Å². The molecule has 8 N–H and O–H groups in total. The number of aliphatic hydroxyl groups excluding tert-OH is 2. The van der Waals surface area contributed by atoms with Crippen molar-refractivity contribution in [3.8, 4) is 39.9 Å². The molecule has 10 nitrogen and oxygen atoms in total. The fraction of sp³-hybridized carbons (Fsp3) is 0.553. The molecule has 8 atom stereocenters. The highest BCUT2D eigenvalue weighted by atomic mass is 16.5. The quantitative estimate of drug-likeness (QED) is 0.0574. The van der Waals surface area contributed by atoms with E-state index in [9.17, 15) is 20.4 Å². The molecule has 7 rings (SSSR count). The van der Waals surface area contributed by atoms with Crippen LogP contribution in [-0.4, -0.2) is 58.9 Å². The zero-order valence-corrected chi connectivity index (χ0v) is 34.1. The van der Waals surface area contributed by atoms with Gasteiger partial charge in [-0.1, -0.05) is 51.8 Å². The van der Waals surface area contributed by atoms with E-state index in [1.54, 1.807) is 19.2 Å². The van der Waals surface area contributed by atoms with Crippen LogP contribution in [0.2, 0.25) is 0 Å². The Morgan fingerprint density at radius 3 is 2.51 bits per heavy atom. The van der Waals surface area contributed by atoms with Crippen LogP contribution in [0.1, 0.15) is 112 Å². The Balaban J connectivity index is 1.26. The average molecular weight is 782 g/mol. The fourth-order valence-electron chi connectivity index (χ4n) is 10.3. The van der Waals surface area contributed by atoms with Crippen molar-refractivity contribution in [2.45, 2.75) is 116 Å². The number of aliphatic imine (C=N–C) groups is 1. The molecule has 4 aliphatic rings. The van der Waals surface area contributed by atoms with Crippen LogP contribution >= 0.6 is 0 Å². The number of methoxy groups -OCH3 is 1. The second-order valence-electron chi connectivity index (χ2n) is 17.4. The van der Waals surface area contributed by atoms with Crippen LogP contribution < -0.4 is 25.7 Å². The van der Waals surface area contributed by atoms with Gasteiger partial charge in [-0.3, -0.25) is 4.99 Å². The average Bonchev–Trinajstić information content (AvgIpc) is 3.19. The maximum atomic E-state index is 12.0. The number of nitrogens with two attached hydrogens (primary N) is 2. The van der Waals surface area contributed by atoms with Gasteiger partial charge in [0.15, 0.2) is 17.5 Å². The van der Waals surface area contributed by atoms with Crippen LogP contribution in [0.4, 0.5) is 0 Å². The van der Waals surface area contributed by atoms with Crippen LogP contribution in [0.5, 0.6) is 28.7 Å². The summed E-state index contributed by atoms with van der Waals surface area (Å²) in [5.74, 6) is 3.90. The minimum Gasteiger partial charge on any atom is -0.508 e. The van der Waals surface area contributed by atoms with Crippen LogP contribution in [0.3, 0.4) is 0 Å². The summed E-state index contributed by atoms with van der Waals surface area (Å²) < 4.78 is 19.6. The molecule has 10 heteroatoms. The number of phenolic OH excluding ortho intramolecular Hbond substituents is 2. The molecular formula is C47H63N3O7. The predicted octanol–water partition coefficient (Wildman–Crippen LogP) is 7.85. The van der Waals surface area contributed by atoms with E-state index in [-0.39, 0.29) is 42.2 Å². The molecule has 1 saturated carbocycles. The van der Waals surface area contributed by atoms with E-state index in [2.05, 4.69) is 44.0 Å². The van der Waals surface area contributed by atoms with Crippen molar-refractivity contribution in [1.29, 1.82) is 0 Å². The molecule has 0 amide bonds. The zero-order chi connectivity index (χ0) is 40.4. The molecule has 0 bridgehead atoms. The Hall–Kier alpha value is -4.41. The number of hydrogen-bond acceptors (Lipinski definition) is 8. The van der Waals surface area contributed by atoms with Gasteiger partial charge in [0.2, 0.25) is 0 Å². The molecule has 57 heavy (non-hydrogen) atoms. The van der Waals surface area contributed by atoms with Crippen molar-refractivity contribution < 1.29 is 34.6 Å². The van der Waals surface area contributed by atoms with Gasteiger partial charge in [-0.2, -0.15) is 0 Å². The summed E-state index contributed by atoms with van der Waals surface area (Å²) >= 11 is 0. The van der Waals surface area contributed by atoms with Crippen molar-refractivity contribution in [3.63, 3.8) is 0 Å². The van der Waals surface area contributed by atoms with Gasteiger partial charge in [0.25, 0.3) is 0 Å². The lowest BCUT2D eigenvalue weighted by Crippen LogP contribution is -2.34. The lowest BCUT2D eigenvalue weighted by atomic mass is 9.65. The van der Waals surface area contributed by atoms with Gasteiger partial charge in [-0.25, -0.2) is 0 Å². The summed E-state index contributed by atoms with van der Waals surface area (Å²) in [6.07, 6.45) is 12.5. The zero-order valence-electron chi connectivity index (χ0n) is 34.1. The van der Waals surface area contributed by atoms with Crippen LogP contribution in [0, 0.1) is 29.6 Å². The third-order valence-corrected chi connectivity index (χ3v) is 13.2. The molecule has 8 unspecified atom stereocenters. The molecule has 1 aliphatic heterocycles. The fourth-order valence-corrected chi connectivity index (χ4v) is 10.3. The number of rotatable bonds is 13. The molecule has 3 aromatic carbocycles. The van der Waals surface area contributed by atoms with E-state index in [1.807, 2.05) is 18.2 Å². The summed E-state index contributed by atoms with van der Waals surface area (Å²) in [4.78, 5) is 4.19. The highest BCUT2D eigenvalue weighted by Crippen LogP contribution is 2.56. The van der Waals surface area contributed by atoms with Gasteiger partial charge in [0.1, 0.15) is 29.5 Å². The monoisotopic (exact) mass is 781 g/mol. The van der Waals surface area contributed by atoms with Crippen molar-refractivity contribution >= 4 is 5.96 Å². The van der Waals surface area contributed by atoms with E-state index in [0.717, 1.165) is 103 Å². The third kappa shape index (κ3) is 8.58. The maximum absolute atomic E-state index is 12.0. The Morgan fingerprint density at radius 2 is 1.77 bits per heavy atom. The van der Waals surface area contributed by atoms with E-state index in [1.165, 1.54) is 0 Å². The first kappa shape index (κ1) is 40.8. The highest BCUT2D eigenvalue weighted by molar-refractivity contribution is 5.84. The second kappa shape index (κ2) is 17.6. The number of fused-ring (bicyclic) bond motifs is 5. The third-order valence-electron chi connectivity index (χ3n) is 13.2. The van der Waals surface area contributed by atoms with Crippen LogP contribution in [0.15, 0.2) is 53.5 Å². The molecule has 3 aromatic rings. The number of hydrogen-bond donors (Lipinski definition) is 6. The van der Waals surface area contributed by atoms with Gasteiger partial charge >= 0.3 is 0 Å². The highest BCUT2D eigenvalue weighted by Gasteiger charge is 2.42.